The van der Waals surface area contributed by atoms with Crippen molar-refractivity contribution in [1.82, 2.24) is 0 Å². The third-order valence-electron chi connectivity index (χ3n) is 2.94. The highest BCUT2D eigenvalue weighted by molar-refractivity contribution is 14.1. The molecule has 0 aliphatic heterocycles. The first-order chi connectivity index (χ1) is 9.54. The number of ketones is 1. The van der Waals surface area contributed by atoms with E-state index in [-0.39, 0.29) is 11.9 Å². The van der Waals surface area contributed by atoms with Gasteiger partial charge in [-0.2, -0.15) is 0 Å². The molecule has 0 heterocycles. The maximum Gasteiger partial charge on any atom is 0.133 e. The lowest BCUT2D eigenvalue weighted by molar-refractivity contribution is -0.118. The summed E-state index contributed by atoms with van der Waals surface area (Å²) in [4.78, 5) is 11.0. The van der Waals surface area contributed by atoms with Crippen molar-refractivity contribution in [2.24, 2.45) is 0 Å². The Morgan fingerprint density at radius 1 is 1.05 bits per heavy atom. The van der Waals surface area contributed by atoms with E-state index < -0.39 is 0 Å². The van der Waals surface area contributed by atoms with Crippen molar-refractivity contribution >= 4 is 28.4 Å². The zero-order valence-corrected chi connectivity index (χ0v) is 13.8. The van der Waals surface area contributed by atoms with E-state index >= 15 is 0 Å². The molecule has 1 unspecified atom stereocenters. The maximum atomic E-state index is 11.0. The zero-order valence-electron chi connectivity index (χ0n) is 11.6. The number of hydrogen-bond acceptors (Lipinski definition) is 2. The van der Waals surface area contributed by atoms with Gasteiger partial charge < -0.3 is 4.74 Å². The van der Waals surface area contributed by atoms with Gasteiger partial charge in [-0.15, -0.1) is 0 Å². The summed E-state index contributed by atoms with van der Waals surface area (Å²) in [5, 5.41) is 0. The lowest BCUT2D eigenvalue weighted by Crippen LogP contribution is -2.15. The molecule has 0 amide bonds. The first-order valence-electron chi connectivity index (χ1n) is 6.56. The SMILES string of the molecule is CC(=O)CC(C)Oc1ccc(-c2ccc(I)cc2)cc1. The van der Waals surface area contributed by atoms with Crippen LogP contribution in [0.1, 0.15) is 20.3 Å². The number of benzene rings is 2. The molecule has 0 saturated carbocycles. The molecule has 20 heavy (non-hydrogen) atoms. The van der Waals surface area contributed by atoms with Crippen molar-refractivity contribution in [3.05, 3.63) is 52.1 Å². The van der Waals surface area contributed by atoms with Crippen molar-refractivity contribution in [2.75, 3.05) is 0 Å². The molecule has 2 rings (SSSR count). The van der Waals surface area contributed by atoms with E-state index in [4.69, 9.17) is 4.74 Å². The minimum atomic E-state index is -0.0864. The Hall–Kier alpha value is -1.36. The van der Waals surface area contributed by atoms with E-state index in [1.807, 2.05) is 31.2 Å². The van der Waals surface area contributed by atoms with E-state index in [1.165, 1.54) is 9.13 Å². The summed E-state index contributed by atoms with van der Waals surface area (Å²) in [6.45, 7) is 3.49. The molecule has 0 bridgehead atoms. The molecule has 0 fully saturated rings. The predicted octanol–water partition coefficient (Wildman–Crippen LogP) is 4.70. The second kappa shape index (κ2) is 6.88. The molecule has 2 aromatic carbocycles. The second-order valence-electron chi connectivity index (χ2n) is 4.87. The van der Waals surface area contributed by atoms with Crippen LogP contribution in [-0.2, 0) is 4.79 Å². The van der Waals surface area contributed by atoms with Gasteiger partial charge in [0, 0.05) is 9.99 Å². The number of carbonyl (C=O) groups is 1. The summed E-state index contributed by atoms with van der Waals surface area (Å²) in [6, 6.07) is 16.4. The lowest BCUT2D eigenvalue weighted by atomic mass is 10.1. The van der Waals surface area contributed by atoms with Gasteiger partial charge in [-0.3, -0.25) is 4.79 Å². The number of Topliss-reactive ketones (excluding diaryl/α,β-unsaturated/α-hetero) is 1. The smallest absolute Gasteiger partial charge is 0.133 e. The maximum absolute atomic E-state index is 11.0. The molecular formula is C17H17IO2. The van der Waals surface area contributed by atoms with Gasteiger partial charge in [0.15, 0.2) is 0 Å². The highest BCUT2D eigenvalue weighted by atomic mass is 127. The molecule has 0 aliphatic carbocycles. The quantitative estimate of drug-likeness (QED) is 0.703. The number of rotatable bonds is 5. The van der Waals surface area contributed by atoms with Crippen LogP contribution in [0.3, 0.4) is 0 Å². The molecule has 0 saturated heterocycles. The fraction of sp³-hybridized carbons (Fsp3) is 0.235. The molecule has 0 N–H and O–H groups in total. The summed E-state index contributed by atoms with van der Waals surface area (Å²) >= 11 is 2.30. The second-order valence-corrected chi connectivity index (χ2v) is 6.11. The molecule has 104 valence electrons. The number of ether oxygens (including phenoxy) is 1. The number of carbonyl (C=O) groups excluding carboxylic acids is 1. The van der Waals surface area contributed by atoms with Crippen LogP contribution in [0.4, 0.5) is 0 Å². The van der Waals surface area contributed by atoms with Crippen molar-refractivity contribution < 1.29 is 9.53 Å². The summed E-state index contributed by atoms with van der Waals surface area (Å²) in [5.41, 5.74) is 2.35. The fourth-order valence-corrected chi connectivity index (χ4v) is 2.41. The topological polar surface area (TPSA) is 26.3 Å². The molecular weight excluding hydrogens is 363 g/mol. The summed E-state index contributed by atoms with van der Waals surface area (Å²) in [5.74, 6) is 0.945. The average Bonchev–Trinajstić information content (AvgIpc) is 2.39. The van der Waals surface area contributed by atoms with Gasteiger partial charge in [-0.25, -0.2) is 0 Å². The van der Waals surface area contributed by atoms with Gasteiger partial charge >= 0.3 is 0 Å². The van der Waals surface area contributed by atoms with Crippen molar-refractivity contribution in [1.29, 1.82) is 0 Å². The Labute approximate surface area is 133 Å². The van der Waals surface area contributed by atoms with Gasteiger partial charge in [-0.05, 0) is 71.8 Å². The van der Waals surface area contributed by atoms with Crippen molar-refractivity contribution in [3.63, 3.8) is 0 Å². The lowest BCUT2D eigenvalue weighted by Gasteiger charge is -2.13. The van der Waals surface area contributed by atoms with Gasteiger partial charge in [0.1, 0.15) is 17.6 Å². The first-order valence-corrected chi connectivity index (χ1v) is 7.64. The summed E-state index contributed by atoms with van der Waals surface area (Å²) < 4.78 is 6.94. The van der Waals surface area contributed by atoms with Crippen molar-refractivity contribution in [2.45, 2.75) is 26.4 Å². The Balaban J connectivity index is 2.06. The number of hydrogen-bond donors (Lipinski definition) is 0. The average molecular weight is 380 g/mol. The largest absolute Gasteiger partial charge is 0.490 e. The van der Waals surface area contributed by atoms with E-state index in [0.29, 0.717) is 6.42 Å². The summed E-state index contributed by atoms with van der Waals surface area (Å²) in [7, 11) is 0. The molecule has 0 radical (unpaired) electrons. The standard InChI is InChI=1S/C17H17IO2/c1-12(19)11-13(2)20-17-9-5-15(6-10-17)14-3-7-16(18)8-4-14/h3-10,13H,11H2,1-2H3. The van der Waals surface area contributed by atoms with Gasteiger partial charge in [0.05, 0.1) is 0 Å². The van der Waals surface area contributed by atoms with Crippen LogP contribution in [0.25, 0.3) is 11.1 Å². The third kappa shape index (κ3) is 4.34. The fourth-order valence-electron chi connectivity index (χ4n) is 2.05. The van der Waals surface area contributed by atoms with Gasteiger partial charge in [-0.1, -0.05) is 24.3 Å². The molecule has 2 nitrogen and oxygen atoms in total. The van der Waals surface area contributed by atoms with Gasteiger partial charge in [0.2, 0.25) is 0 Å². The van der Waals surface area contributed by atoms with Crippen LogP contribution in [-0.4, -0.2) is 11.9 Å². The van der Waals surface area contributed by atoms with Gasteiger partial charge in [0.25, 0.3) is 0 Å². The zero-order chi connectivity index (χ0) is 14.5. The molecule has 2 aromatic rings. The Morgan fingerprint density at radius 3 is 2.05 bits per heavy atom. The van der Waals surface area contributed by atoms with E-state index in [9.17, 15) is 4.79 Å². The van der Waals surface area contributed by atoms with E-state index in [0.717, 1.165) is 11.3 Å². The number of halogens is 1. The Morgan fingerprint density at radius 2 is 1.55 bits per heavy atom. The Bertz CT molecular complexity index is 573. The van der Waals surface area contributed by atoms with Crippen molar-refractivity contribution in [3.8, 4) is 16.9 Å². The van der Waals surface area contributed by atoms with Crippen LogP contribution in [0, 0.1) is 3.57 Å². The van der Waals surface area contributed by atoms with E-state index in [2.05, 4.69) is 46.9 Å². The monoisotopic (exact) mass is 380 g/mol. The van der Waals surface area contributed by atoms with Crippen LogP contribution >= 0.6 is 22.6 Å². The minimum absolute atomic E-state index is 0.0864. The molecule has 0 spiro atoms. The minimum Gasteiger partial charge on any atom is -0.490 e. The van der Waals surface area contributed by atoms with E-state index in [1.54, 1.807) is 6.92 Å². The summed E-state index contributed by atoms with van der Waals surface area (Å²) in [6.07, 6.45) is 0.357. The highest BCUT2D eigenvalue weighted by Gasteiger charge is 2.07. The van der Waals surface area contributed by atoms with Crippen LogP contribution in [0.2, 0.25) is 0 Å². The first kappa shape index (κ1) is 15.0. The predicted molar refractivity (Wildman–Crippen MR) is 90.0 cm³/mol. The molecule has 1 atom stereocenters. The van der Waals surface area contributed by atoms with Crippen LogP contribution < -0.4 is 4.74 Å². The van der Waals surface area contributed by atoms with Crippen LogP contribution in [0.15, 0.2) is 48.5 Å². The third-order valence-corrected chi connectivity index (χ3v) is 3.66. The molecule has 3 heteroatoms. The normalized spacial score (nSPS) is 11.9. The Kier molecular flexibility index (Phi) is 5.17. The molecule has 0 aliphatic rings. The highest BCUT2D eigenvalue weighted by Crippen LogP contribution is 2.23. The van der Waals surface area contributed by atoms with Crippen LogP contribution in [0.5, 0.6) is 5.75 Å². The molecule has 0 aromatic heterocycles.